The minimum absolute atomic E-state index is 0.0966. The van der Waals surface area contributed by atoms with Crippen molar-refractivity contribution >= 4 is 34.2 Å². The molecule has 2 rings (SSSR count). The van der Waals surface area contributed by atoms with E-state index in [2.05, 4.69) is 9.98 Å². The zero-order valence-corrected chi connectivity index (χ0v) is 15.6. The molecule has 2 aromatic carbocycles. The van der Waals surface area contributed by atoms with Crippen LogP contribution in [-0.2, 0) is 9.47 Å². The zero-order chi connectivity index (χ0) is 20.2. The topological polar surface area (TPSA) is 136 Å². The molecule has 28 heavy (non-hydrogen) atoms. The summed E-state index contributed by atoms with van der Waals surface area (Å²) < 4.78 is 10.9. The fourth-order valence-corrected chi connectivity index (χ4v) is 2.24. The van der Waals surface area contributed by atoms with Gasteiger partial charge < -0.3 is 31.2 Å². The van der Waals surface area contributed by atoms with E-state index in [1.54, 1.807) is 48.5 Å². The molecule has 0 aromatic heterocycles. The molecular weight excluding hydrogens is 360 g/mol. The van der Waals surface area contributed by atoms with E-state index in [9.17, 15) is 0 Å². The quantitative estimate of drug-likeness (QED) is 0.264. The standard InChI is InChI=1S/C20H26N4O4/c21-15-1-5-17(6-2-15)23-19(13-27-11-9-25)20(14-28-12-10-26)24-18-7-3-16(22)4-8-18/h1-8,25-26H,9-14,21-22H2/b23-19+,24-20+. The molecule has 6 N–H and O–H groups in total. The van der Waals surface area contributed by atoms with E-state index in [4.69, 9.17) is 31.2 Å². The monoisotopic (exact) mass is 386 g/mol. The summed E-state index contributed by atoms with van der Waals surface area (Å²) in [6.45, 7) is 0.435. The molecule has 0 aliphatic carbocycles. The number of aliphatic hydroxyl groups excluding tert-OH is 2. The molecule has 0 radical (unpaired) electrons. The van der Waals surface area contributed by atoms with E-state index in [1.807, 2.05) is 0 Å². The Hall–Kier alpha value is -2.78. The lowest BCUT2D eigenvalue weighted by Gasteiger charge is -2.12. The van der Waals surface area contributed by atoms with Crippen molar-refractivity contribution < 1.29 is 19.7 Å². The molecule has 8 nitrogen and oxygen atoms in total. The minimum Gasteiger partial charge on any atom is -0.399 e. The first-order valence-corrected chi connectivity index (χ1v) is 8.86. The molecule has 0 aliphatic heterocycles. The molecule has 0 bridgehead atoms. The summed E-state index contributed by atoms with van der Waals surface area (Å²) in [5.41, 5.74) is 15.2. The smallest absolute Gasteiger partial charge is 0.0908 e. The molecular formula is C20H26N4O4. The summed E-state index contributed by atoms with van der Waals surface area (Å²) in [7, 11) is 0. The van der Waals surface area contributed by atoms with Gasteiger partial charge in [0.15, 0.2) is 0 Å². The number of hydrogen-bond donors (Lipinski definition) is 4. The molecule has 0 aliphatic rings. The van der Waals surface area contributed by atoms with Crippen LogP contribution in [0, 0.1) is 0 Å². The van der Waals surface area contributed by atoms with Gasteiger partial charge in [0.05, 0.1) is 62.4 Å². The van der Waals surface area contributed by atoms with Crippen molar-refractivity contribution in [2.24, 2.45) is 9.98 Å². The van der Waals surface area contributed by atoms with E-state index < -0.39 is 0 Å². The third kappa shape index (κ3) is 7.45. The number of aliphatic imine (C=N–C) groups is 2. The predicted molar refractivity (Wildman–Crippen MR) is 112 cm³/mol. The van der Waals surface area contributed by atoms with Crippen LogP contribution in [0.4, 0.5) is 22.7 Å². The van der Waals surface area contributed by atoms with Gasteiger partial charge in [-0.15, -0.1) is 0 Å². The van der Waals surface area contributed by atoms with E-state index in [0.717, 1.165) is 0 Å². The van der Waals surface area contributed by atoms with Gasteiger partial charge in [-0.2, -0.15) is 0 Å². The molecule has 0 saturated carbocycles. The van der Waals surface area contributed by atoms with Crippen molar-refractivity contribution in [3.8, 4) is 0 Å². The first-order valence-electron chi connectivity index (χ1n) is 8.86. The first-order chi connectivity index (χ1) is 13.6. The maximum Gasteiger partial charge on any atom is 0.0908 e. The highest BCUT2D eigenvalue weighted by molar-refractivity contribution is 6.44. The van der Waals surface area contributed by atoms with Crippen LogP contribution in [0.2, 0.25) is 0 Å². The highest BCUT2D eigenvalue weighted by atomic mass is 16.5. The maximum absolute atomic E-state index is 9.00. The lowest BCUT2D eigenvalue weighted by atomic mass is 10.2. The number of hydrogen-bond acceptors (Lipinski definition) is 8. The SMILES string of the molecule is Nc1ccc(/N=C(COCCO)/C(COCCO)=N/c2ccc(N)cc2)cc1. The Morgan fingerprint density at radius 2 is 1.04 bits per heavy atom. The summed E-state index contributed by atoms with van der Waals surface area (Å²) in [5.74, 6) is 0. The predicted octanol–water partition coefficient (Wildman–Crippen LogP) is 1.71. The highest BCUT2D eigenvalue weighted by Crippen LogP contribution is 2.18. The molecule has 150 valence electrons. The van der Waals surface area contributed by atoms with E-state index in [1.165, 1.54) is 0 Å². The summed E-state index contributed by atoms with van der Waals surface area (Å²) in [6.07, 6.45) is 0. The van der Waals surface area contributed by atoms with Crippen LogP contribution in [0.15, 0.2) is 58.5 Å². The van der Waals surface area contributed by atoms with E-state index in [-0.39, 0.29) is 39.6 Å². The third-order valence-electron chi connectivity index (χ3n) is 3.60. The Morgan fingerprint density at radius 1 is 0.679 bits per heavy atom. The number of nitrogens with zero attached hydrogens (tertiary/aromatic N) is 2. The van der Waals surface area contributed by atoms with Crippen molar-refractivity contribution in [3.63, 3.8) is 0 Å². The minimum atomic E-state index is -0.0966. The van der Waals surface area contributed by atoms with Crippen LogP contribution >= 0.6 is 0 Å². The Labute approximate surface area is 164 Å². The molecule has 0 spiro atoms. The van der Waals surface area contributed by atoms with Gasteiger partial charge in [0.2, 0.25) is 0 Å². The summed E-state index contributed by atoms with van der Waals surface area (Å²) in [5, 5.41) is 18.0. The van der Waals surface area contributed by atoms with Crippen molar-refractivity contribution in [1.82, 2.24) is 0 Å². The molecule has 8 heteroatoms. The normalized spacial score (nSPS) is 12.4. The molecule has 0 saturated heterocycles. The Kier molecular flexibility index (Phi) is 9.09. The number of aliphatic hydroxyl groups is 2. The largest absolute Gasteiger partial charge is 0.399 e. The van der Waals surface area contributed by atoms with Gasteiger partial charge in [0.1, 0.15) is 0 Å². The molecule has 0 atom stereocenters. The Bertz CT molecular complexity index is 706. The van der Waals surface area contributed by atoms with Gasteiger partial charge in [-0.1, -0.05) is 0 Å². The number of ether oxygens (including phenoxy) is 2. The van der Waals surface area contributed by atoms with Crippen LogP contribution in [-0.4, -0.2) is 61.3 Å². The first kappa shape index (κ1) is 21.5. The van der Waals surface area contributed by atoms with Crippen molar-refractivity contribution in [1.29, 1.82) is 0 Å². The average Bonchev–Trinajstić information content (AvgIpc) is 2.70. The Balaban J connectivity index is 2.36. The number of nitrogen functional groups attached to an aromatic ring is 2. The lowest BCUT2D eigenvalue weighted by Crippen LogP contribution is -2.26. The van der Waals surface area contributed by atoms with Gasteiger partial charge in [0.25, 0.3) is 0 Å². The molecule has 0 amide bonds. The number of nitrogens with two attached hydrogens (primary N) is 2. The van der Waals surface area contributed by atoms with Crippen LogP contribution in [0.1, 0.15) is 0 Å². The number of rotatable bonds is 11. The molecule has 0 heterocycles. The van der Waals surface area contributed by atoms with Gasteiger partial charge in [-0.25, -0.2) is 9.98 Å². The lowest BCUT2D eigenvalue weighted by molar-refractivity contribution is 0.115. The van der Waals surface area contributed by atoms with Crippen LogP contribution in [0.25, 0.3) is 0 Å². The van der Waals surface area contributed by atoms with Crippen molar-refractivity contribution in [2.45, 2.75) is 0 Å². The number of anilines is 2. The Morgan fingerprint density at radius 3 is 1.36 bits per heavy atom. The van der Waals surface area contributed by atoms with Crippen LogP contribution in [0.5, 0.6) is 0 Å². The van der Waals surface area contributed by atoms with Gasteiger partial charge in [-0.05, 0) is 48.5 Å². The average molecular weight is 386 g/mol. The van der Waals surface area contributed by atoms with Crippen molar-refractivity contribution in [3.05, 3.63) is 48.5 Å². The fraction of sp³-hybridized carbons (Fsp3) is 0.300. The van der Waals surface area contributed by atoms with E-state index >= 15 is 0 Å². The number of benzene rings is 2. The third-order valence-corrected chi connectivity index (χ3v) is 3.60. The second-order valence-electron chi connectivity index (χ2n) is 5.85. The maximum atomic E-state index is 9.00. The van der Waals surface area contributed by atoms with Gasteiger partial charge in [-0.3, -0.25) is 0 Å². The van der Waals surface area contributed by atoms with Gasteiger partial charge in [0, 0.05) is 11.4 Å². The molecule has 2 aromatic rings. The molecule has 0 unspecified atom stereocenters. The highest BCUT2D eigenvalue weighted by Gasteiger charge is 2.12. The van der Waals surface area contributed by atoms with Crippen LogP contribution in [0.3, 0.4) is 0 Å². The summed E-state index contributed by atoms with van der Waals surface area (Å²) in [6, 6.07) is 14.2. The summed E-state index contributed by atoms with van der Waals surface area (Å²) in [4.78, 5) is 9.24. The second kappa shape index (κ2) is 11.8. The van der Waals surface area contributed by atoms with E-state index in [0.29, 0.717) is 34.2 Å². The fourth-order valence-electron chi connectivity index (χ4n) is 2.24. The van der Waals surface area contributed by atoms with Crippen LogP contribution < -0.4 is 11.5 Å². The van der Waals surface area contributed by atoms with Crippen molar-refractivity contribution in [2.75, 3.05) is 51.1 Å². The molecule has 0 fully saturated rings. The zero-order valence-electron chi connectivity index (χ0n) is 15.6. The van der Waals surface area contributed by atoms with Gasteiger partial charge >= 0.3 is 0 Å². The summed E-state index contributed by atoms with van der Waals surface area (Å²) >= 11 is 0. The second-order valence-corrected chi connectivity index (χ2v) is 5.85.